The minimum Gasteiger partial charge on any atom is -0.438 e. The average molecular weight is 327 g/mol. The van der Waals surface area contributed by atoms with E-state index in [9.17, 15) is 4.79 Å². The zero-order valence-corrected chi connectivity index (χ0v) is 14.4. The number of oxazole rings is 1. The smallest absolute Gasteiger partial charge is 0.288 e. The number of aromatic nitrogens is 1. The molecule has 2 aromatic rings. The summed E-state index contributed by atoms with van der Waals surface area (Å²) in [7, 11) is 0. The summed E-state index contributed by atoms with van der Waals surface area (Å²) < 4.78 is 5.02. The van der Waals surface area contributed by atoms with Gasteiger partial charge in [-0.1, -0.05) is 18.2 Å². The fourth-order valence-electron chi connectivity index (χ4n) is 3.27. The van der Waals surface area contributed by atoms with Crippen LogP contribution in [0.15, 0.2) is 35.2 Å². The van der Waals surface area contributed by atoms with Crippen LogP contribution in [0.5, 0.6) is 0 Å². The molecule has 0 spiro atoms. The minimum atomic E-state index is -0.182. The second-order valence-corrected chi connectivity index (χ2v) is 6.74. The van der Waals surface area contributed by atoms with Crippen molar-refractivity contribution in [3.05, 3.63) is 53.2 Å². The zero-order chi connectivity index (χ0) is 16.9. The van der Waals surface area contributed by atoms with Crippen molar-refractivity contribution in [2.45, 2.75) is 33.2 Å². The predicted molar refractivity (Wildman–Crippen MR) is 92.8 cm³/mol. The van der Waals surface area contributed by atoms with Crippen LogP contribution in [0.1, 0.15) is 40.1 Å². The first kappa shape index (κ1) is 16.7. The van der Waals surface area contributed by atoms with E-state index in [0.717, 1.165) is 26.1 Å². The highest BCUT2D eigenvalue weighted by atomic mass is 16.3. The summed E-state index contributed by atoms with van der Waals surface area (Å²) in [4.78, 5) is 18.2. The largest absolute Gasteiger partial charge is 0.438 e. The summed E-state index contributed by atoms with van der Waals surface area (Å²) in [5.74, 6) is 0.578. The molecule has 0 aliphatic carbocycles. The normalized spacial score (nSPS) is 18.5. The van der Waals surface area contributed by atoms with Crippen molar-refractivity contribution in [3.63, 3.8) is 0 Å². The van der Waals surface area contributed by atoms with Crippen LogP contribution in [0.3, 0.4) is 0 Å². The lowest BCUT2D eigenvalue weighted by molar-refractivity contribution is 0.0903. The molecule has 1 aliphatic rings. The highest BCUT2D eigenvalue weighted by Gasteiger charge is 2.21. The Morgan fingerprint density at radius 2 is 2.25 bits per heavy atom. The lowest BCUT2D eigenvalue weighted by Gasteiger charge is -2.32. The topological polar surface area (TPSA) is 58.4 Å². The summed E-state index contributed by atoms with van der Waals surface area (Å²) in [6.07, 6.45) is 5.05. The van der Waals surface area contributed by atoms with Crippen LogP contribution < -0.4 is 5.32 Å². The standard InChI is InChI=1S/C19H25N3O2/c1-14-5-6-16(8-15(14)2)11-22-7-3-4-17(12-22)9-21-19(23)18-10-20-13-24-18/h5-6,8,10,13,17H,3-4,7,9,11-12H2,1-2H3,(H,21,23). The molecule has 5 nitrogen and oxygen atoms in total. The van der Waals surface area contributed by atoms with E-state index in [1.54, 1.807) is 0 Å². The number of nitrogens with one attached hydrogen (secondary N) is 1. The van der Waals surface area contributed by atoms with Crippen molar-refractivity contribution in [1.82, 2.24) is 15.2 Å². The number of likely N-dealkylation sites (tertiary alicyclic amines) is 1. The summed E-state index contributed by atoms with van der Waals surface area (Å²) in [6.45, 7) is 8.11. The van der Waals surface area contributed by atoms with Crippen LogP contribution in [0.25, 0.3) is 0 Å². The van der Waals surface area contributed by atoms with Crippen molar-refractivity contribution < 1.29 is 9.21 Å². The van der Waals surface area contributed by atoms with E-state index in [1.165, 1.54) is 35.7 Å². The Hall–Kier alpha value is -2.14. The zero-order valence-electron chi connectivity index (χ0n) is 14.4. The minimum absolute atomic E-state index is 0.182. The van der Waals surface area contributed by atoms with Gasteiger partial charge < -0.3 is 9.73 Å². The first-order valence-corrected chi connectivity index (χ1v) is 8.57. The van der Waals surface area contributed by atoms with E-state index < -0.39 is 0 Å². The molecular weight excluding hydrogens is 302 g/mol. The molecule has 1 atom stereocenters. The van der Waals surface area contributed by atoms with Crippen molar-refractivity contribution in [2.24, 2.45) is 5.92 Å². The molecule has 5 heteroatoms. The summed E-state index contributed by atoms with van der Waals surface area (Å²) in [5.41, 5.74) is 4.05. The first-order chi connectivity index (χ1) is 11.6. The van der Waals surface area contributed by atoms with Crippen LogP contribution in [0.2, 0.25) is 0 Å². The van der Waals surface area contributed by atoms with Crippen molar-refractivity contribution in [2.75, 3.05) is 19.6 Å². The molecule has 0 bridgehead atoms. The molecule has 24 heavy (non-hydrogen) atoms. The van der Waals surface area contributed by atoms with Crippen molar-refractivity contribution in [1.29, 1.82) is 0 Å². The highest BCUT2D eigenvalue weighted by molar-refractivity contribution is 5.90. The third-order valence-corrected chi connectivity index (χ3v) is 4.79. The number of amides is 1. The summed E-state index contributed by atoms with van der Waals surface area (Å²) in [6, 6.07) is 6.70. The lowest BCUT2D eigenvalue weighted by Crippen LogP contribution is -2.40. The maximum absolute atomic E-state index is 11.9. The molecule has 1 amide bonds. The van der Waals surface area contributed by atoms with E-state index in [2.05, 4.69) is 47.2 Å². The van der Waals surface area contributed by atoms with E-state index in [1.807, 2.05) is 0 Å². The Morgan fingerprint density at radius 3 is 3.00 bits per heavy atom. The lowest BCUT2D eigenvalue weighted by atomic mass is 9.97. The molecule has 2 heterocycles. The number of benzene rings is 1. The number of hydrogen-bond acceptors (Lipinski definition) is 4. The number of nitrogens with zero attached hydrogens (tertiary/aromatic N) is 2. The summed E-state index contributed by atoms with van der Waals surface area (Å²) >= 11 is 0. The third-order valence-electron chi connectivity index (χ3n) is 4.79. The second-order valence-electron chi connectivity index (χ2n) is 6.74. The van der Waals surface area contributed by atoms with Gasteiger partial charge in [0.05, 0.1) is 6.20 Å². The molecule has 1 unspecified atom stereocenters. The van der Waals surface area contributed by atoms with Crippen molar-refractivity contribution in [3.8, 4) is 0 Å². The average Bonchev–Trinajstić information content (AvgIpc) is 3.11. The molecule has 3 rings (SSSR count). The van der Waals surface area contributed by atoms with Gasteiger partial charge in [-0.2, -0.15) is 0 Å². The fourth-order valence-corrected chi connectivity index (χ4v) is 3.27. The quantitative estimate of drug-likeness (QED) is 0.917. The number of carbonyl (C=O) groups is 1. The Bertz CT molecular complexity index is 682. The number of hydrogen-bond donors (Lipinski definition) is 1. The number of rotatable bonds is 5. The van der Waals surface area contributed by atoms with Gasteiger partial charge in [-0.15, -0.1) is 0 Å². The van der Waals surface area contributed by atoms with Gasteiger partial charge in [-0.05, 0) is 55.8 Å². The Morgan fingerprint density at radius 1 is 1.38 bits per heavy atom. The van der Waals surface area contributed by atoms with Crippen molar-refractivity contribution >= 4 is 5.91 Å². The number of carbonyl (C=O) groups excluding carboxylic acids is 1. The van der Waals surface area contributed by atoms with Crippen LogP contribution in [-0.4, -0.2) is 35.4 Å². The molecule has 1 aliphatic heterocycles. The van der Waals surface area contributed by atoms with Crippen LogP contribution in [0.4, 0.5) is 0 Å². The maximum atomic E-state index is 11.9. The SMILES string of the molecule is Cc1ccc(CN2CCCC(CNC(=O)c3cnco3)C2)cc1C. The van der Waals surface area contributed by atoms with Gasteiger partial charge in [0.2, 0.25) is 5.76 Å². The Balaban J connectivity index is 1.50. The van der Waals surface area contributed by atoms with Gasteiger partial charge in [0.1, 0.15) is 0 Å². The predicted octanol–water partition coefficient (Wildman–Crippen LogP) is 2.93. The first-order valence-electron chi connectivity index (χ1n) is 8.57. The van der Waals surface area contributed by atoms with Gasteiger partial charge in [0, 0.05) is 19.6 Å². The van der Waals surface area contributed by atoms with Crippen LogP contribution in [-0.2, 0) is 6.54 Å². The molecular formula is C19H25N3O2. The molecule has 0 radical (unpaired) electrons. The highest BCUT2D eigenvalue weighted by Crippen LogP contribution is 2.19. The molecule has 1 aromatic carbocycles. The van der Waals surface area contributed by atoms with E-state index >= 15 is 0 Å². The van der Waals surface area contributed by atoms with Gasteiger partial charge in [0.15, 0.2) is 6.39 Å². The maximum Gasteiger partial charge on any atom is 0.288 e. The van der Waals surface area contributed by atoms with Crippen LogP contribution >= 0.6 is 0 Å². The van der Waals surface area contributed by atoms with E-state index in [-0.39, 0.29) is 11.7 Å². The van der Waals surface area contributed by atoms with Gasteiger partial charge in [-0.3, -0.25) is 9.69 Å². The summed E-state index contributed by atoms with van der Waals surface area (Å²) in [5, 5.41) is 2.96. The molecule has 1 aromatic heterocycles. The van der Waals surface area contributed by atoms with Crippen LogP contribution in [0, 0.1) is 19.8 Å². The number of aryl methyl sites for hydroxylation is 2. The van der Waals surface area contributed by atoms with E-state index in [4.69, 9.17) is 4.42 Å². The molecule has 1 N–H and O–H groups in total. The molecule has 0 saturated carbocycles. The van der Waals surface area contributed by atoms with Gasteiger partial charge in [0.25, 0.3) is 5.91 Å². The molecule has 128 valence electrons. The third kappa shape index (κ3) is 4.23. The van der Waals surface area contributed by atoms with Gasteiger partial charge in [-0.25, -0.2) is 4.98 Å². The monoisotopic (exact) mass is 327 g/mol. The van der Waals surface area contributed by atoms with E-state index in [0.29, 0.717) is 12.5 Å². The second kappa shape index (κ2) is 7.62. The molecule has 1 fully saturated rings. The number of piperidine rings is 1. The van der Waals surface area contributed by atoms with Gasteiger partial charge >= 0.3 is 0 Å². The Labute approximate surface area is 143 Å². The molecule has 1 saturated heterocycles. The fraction of sp³-hybridized carbons (Fsp3) is 0.474. The Kier molecular flexibility index (Phi) is 5.30.